The normalized spacial score (nSPS) is 21.0. The first kappa shape index (κ1) is 24.4. The van der Waals surface area contributed by atoms with E-state index in [-0.39, 0.29) is 0 Å². The monoisotopic (exact) mass is 514 g/mol. The second-order valence-corrected chi connectivity index (χ2v) is 9.28. The molecule has 0 radical (unpaired) electrons. The lowest BCUT2D eigenvalue weighted by atomic mass is 9.66. The zero-order valence-electron chi connectivity index (χ0n) is 21.6. The Bertz CT molecular complexity index is 1630. The molecule has 0 aromatic heterocycles. The van der Waals surface area contributed by atoms with Gasteiger partial charge in [-0.25, -0.2) is 4.79 Å². The molecule has 0 saturated heterocycles. The van der Waals surface area contributed by atoms with E-state index in [1.807, 2.05) is 115 Å². The van der Waals surface area contributed by atoms with Crippen molar-refractivity contribution in [3.63, 3.8) is 0 Å². The smallest absolute Gasteiger partial charge is 0.354 e. The quantitative estimate of drug-likeness (QED) is 0.284. The number of hydrogen-bond acceptors (Lipinski definition) is 6. The number of carbonyl (C=O) groups excluding carboxylic acids is 1. The Hall–Kier alpha value is -4.97. The van der Waals surface area contributed by atoms with Crippen molar-refractivity contribution in [3.8, 4) is 11.5 Å². The van der Waals surface area contributed by atoms with Crippen LogP contribution >= 0.6 is 0 Å². The van der Waals surface area contributed by atoms with Gasteiger partial charge in [0.05, 0.1) is 19.9 Å². The minimum Gasteiger partial charge on any atom is -0.496 e. The van der Waals surface area contributed by atoms with Gasteiger partial charge in [0, 0.05) is 27.8 Å². The van der Waals surface area contributed by atoms with Gasteiger partial charge < -0.3 is 14.3 Å². The lowest BCUT2D eigenvalue weighted by Crippen LogP contribution is -2.41. The highest BCUT2D eigenvalue weighted by molar-refractivity contribution is 6.32. The highest BCUT2D eigenvalue weighted by Gasteiger charge is 2.63. The summed E-state index contributed by atoms with van der Waals surface area (Å²) < 4.78 is 11.5. The molecule has 2 heterocycles. The van der Waals surface area contributed by atoms with Crippen LogP contribution in [0.5, 0.6) is 11.5 Å². The SMILES string of the molecule is COc1ccccc1/C=C1/C(c2ccccc2)=N[C@H](c2ccccc2OC)[C@]12C(=O)ON=C2c1ccccc1. The van der Waals surface area contributed by atoms with Crippen molar-refractivity contribution < 1.29 is 19.1 Å². The summed E-state index contributed by atoms with van der Waals surface area (Å²) in [5, 5.41) is 4.40. The van der Waals surface area contributed by atoms with E-state index in [2.05, 4.69) is 5.16 Å². The Labute approximate surface area is 226 Å². The predicted octanol–water partition coefficient (Wildman–Crippen LogP) is 6.28. The summed E-state index contributed by atoms with van der Waals surface area (Å²) >= 11 is 0. The summed E-state index contributed by atoms with van der Waals surface area (Å²) in [7, 11) is 3.25. The van der Waals surface area contributed by atoms with Crippen molar-refractivity contribution in [3.05, 3.63) is 137 Å². The van der Waals surface area contributed by atoms with Gasteiger partial charge in [0.1, 0.15) is 23.3 Å². The van der Waals surface area contributed by atoms with Gasteiger partial charge in [0.15, 0.2) is 5.41 Å². The number of rotatable bonds is 6. The highest BCUT2D eigenvalue weighted by Crippen LogP contribution is 2.57. The summed E-state index contributed by atoms with van der Waals surface area (Å²) in [6.07, 6.45) is 1.98. The van der Waals surface area contributed by atoms with Crippen molar-refractivity contribution >= 4 is 23.5 Å². The number of oxime groups is 1. The highest BCUT2D eigenvalue weighted by atomic mass is 16.7. The molecule has 1 spiro atoms. The number of methoxy groups -OCH3 is 2. The first-order valence-corrected chi connectivity index (χ1v) is 12.7. The second kappa shape index (κ2) is 10.1. The summed E-state index contributed by atoms with van der Waals surface area (Å²) in [4.78, 5) is 25.0. The molecule has 192 valence electrons. The Kier molecular flexibility index (Phi) is 6.29. The Morgan fingerprint density at radius 1 is 0.744 bits per heavy atom. The van der Waals surface area contributed by atoms with Crippen LogP contribution < -0.4 is 9.47 Å². The van der Waals surface area contributed by atoms with Crippen LogP contribution in [0.25, 0.3) is 6.08 Å². The average Bonchev–Trinajstić information content (AvgIpc) is 3.52. The van der Waals surface area contributed by atoms with E-state index < -0.39 is 17.4 Å². The number of para-hydroxylation sites is 2. The molecule has 0 fully saturated rings. The van der Waals surface area contributed by atoms with E-state index in [1.165, 1.54) is 0 Å². The van der Waals surface area contributed by atoms with Crippen molar-refractivity contribution in [2.45, 2.75) is 6.04 Å². The first-order valence-electron chi connectivity index (χ1n) is 12.7. The number of nitrogens with zero attached hydrogens (tertiary/aromatic N) is 2. The van der Waals surface area contributed by atoms with Crippen LogP contribution in [-0.2, 0) is 9.63 Å². The molecule has 0 bridgehead atoms. The van der Waals surface area contributed by atoms with Crippen molar-refractivity contribution in [2.24, 2.45) is 15.6 Å². The fourth-order valence-corrected chi connectivity index (χ4v) is 5.46. The van der Waals surface area contributed by atoms with Crippen molar-refractivity contribution in [2.75, 3.05) is 14.2 Å². The molecule has 2 aliphatic rings. The molecular formula is C33H26N2O4. The number of ether oxygens (including phenoxy) is 2. The van der Waals surface area contributed by atoms with E-state index in [9.17, 15) is 4.79 Å². The summed E-state index contributed by atoms with van der Waals surface area (Å²) in [6.45, 7) is 0. The summed E-state index contributed by atoms with van der Waals surface area (Å²) in [6, 6.07) is 34.1. The van der Waals surface area contributed by atoms with E-state index in [0.717, 1.165) is 22.3 Å². The summed E-state index contributed by atoms with van der Waals surface area (Å²) in [5.74, 6) is 0.814. The first-order chi connectivity index (χ1) is 19.2. The molecule has 4 aromatic carbocycles. The number of carbonyl (C=O) groups is 1. The molecule has 6 nitrogen and oxygen atoms in total. The maximum absolute atomic E-state index is 14.2. The van der Waals surface area contributed by atoms with Gasteiger partial charge in [-0.15, -0.1) is 0 Å². The van der Waals surface area contributed by atoms with Crippen LogP contribution in [0.15, 0.2) is 125 Å². The number of hydrogen-bond donors (Lipinski definition) is 0. The minimum atomic E-state index is -1.37. The predicted molar refractivity (Wildman–Crippen MR) is 151 cm³/mol. The van der Waals surface area contributed by atoms with Gasteiger partial charge in [-0.05, 0) is 18.2 Å². The third-order valence-corrected chi connectivity index (χ3v) is 7.23. The van der Waals surface area contributed by atoms with Crippen LogP contribution in [0.3, 0.4) is 0 Å². The van der Waals surface area contributed by atoms with E-state index in [0.29, 0.717) is 28.5 Å². The molecule has 2 atom stereocenters. The number of aliphatic imine (C=N–C) groups is 1. The van der Waals surface area contributed by atoms with Gasteiger partial charge in [-0.1, -0.05) is 102 Å². The van der Waals surface area contributed by atoms with Gasteiger partial charge in [-0.3, -0.25) is 4.99 Å². The molecule has 6 rings (SSSR count). The molecule has 0 amide bonds. The van der Waals surface area contributed by atoms with Gasteiger partial charge >= 0.3 is 5.97 Å². The number of benzene rings is 4. The maximum Gasteiger partial charge on any atom is 0.354 e. The topological polar surface area (TPSA) is 69.5 Å². The lowest BCUT2D eigenvalue weighted by molar-refractivity contribution is -0.147. The molecule has 0 saturated carbocycles. The third-order valence-electron chi connectivity index (χ3n) is 7.23. The molecule has 0 unspecified atom stereocenters. The average molecular weight is 515 g/mol. The fourth-order valence-electron chi connectivity index (χ4n) is 5.46. The zero-order valence-corrected chi connectivity index (χ0v) is 21.6. The largest absolute Gasteiger partial charge is 0.496 e. The molecule has 2 aliphatic heterocycles. The molecule has 39 heavy (non-hydrogen) atoms. The van der Waals surface area contributed by atoms with E-state index >= 15 is 0 Å². The molecule has 4 aromatic rings. The second-order valence-electron chi connectivity index (χ2n) is 9.28. The fraction of sp³-hybridized carbons (Fsp3) is 0.121. The molecule has 0 aliphatic carbocycles. The Morgan fingerprint density at radius 3 is 2.03 bits per heavy atom. The van der Waals surface area contributed by atoms with Crippen LogP contribution in [0.2, 0.25) is 0 Å². The van der Waals surface area contributed by atoms with E-state index in [4.69, 9.17) is 19.3 Å². The maximum atomic E-state index is 14.2. The van der Waals surface area contributed by atoms with Crippen molar-refractivity contribution in [1.82, 2.24) is 0 Å². The standard InChI is InChI=1S/C33H26N2O4/c1-37-27-19-11-9-17-24(27)21-26-29(22-13-5-3-6-14-22)34-31(25-18-10-12-20-28(25)38-2)33(26)30(35-39-32(33)36)23-15-7-4-8-16-23/h3-21,31H,1-2H3/b26-21-/t31-,33+/m1/s1. The Morgan fingerprint density at radius 2 is 1.33 bits per heavy atom. The van der Waals surface area contributed by atoms with E-state index in [1.54, 1.807) is 14.2 Å². The summed E-state index contributed by atoms with van der Waals surface area (Å²) in [5.41, 5.74) is 3.72. The van der Waals surface area contributed by atoms with Crippen LogP contribution in [-0.4, -0.2) is 31.6 Å². The molecule has 0 N–H and O–H groups in total. The van der Waals surface area contributed by atoms with Gasteiger partial charge in [-0.2, -0.15) is 0 Å². The van der Waals surface area contributed by atoms with Crippen molar-refractivity contribution in [1.29, 1.82) is 0 Å². The molecule has 6 heteroatoms. The van der Waals surface area contributed by atoms with Crippen LogP contribution in [0.4, 0.5) is 0 Å². The zero-order chi connectivity index (χ0) is 26.8. The minimum absolute atomic E-state index is 0.493. The third kappa shape index (κ3) is 3.92. The van der Waals surface area contributed by atoms with Gasteiger partial charge in [0.2, 0.25) is 0 Å². The molecular weight excluding hydrogens is 488 g/mol. The Balaban J connectivity index is 1.71. The van der Waals surface area contributed by atoms with Crippen LogP contribution in [0, 0.1) is 5.41 Å². The van der Waals surface area contributed by atoms with Crippen LogP contribution in [0.1, 0.15) is 28.3 Å². The lowest BCUT2D eigenvalue weighted by Gasteiger charge is -2.30. The van der Waals surface area contributed by atoms with Gasteiger partial charge in [0.25, 0.3) is 0 Å².